The van der Waals surface area contributed by atoms with Crippen LogP contribution in [-0.4, -0.2) is 44.1 Å². The number of rotatable bonds is 3. The van der Waals surface area contributed by atoms with E-state index in [-0.39, 0.29) is 24.4 Å². The van der Waals surface area contributed by atoms with E-state index in [4.69, 9.17) is 4.74 Å². The highest BCUT2D eigenvalue weighted by atomic mass is 35.5. The van der Waals surface area contributed by atoms with Crippen LogP contribution in [0.1, 0.15) is 17.2 Å². The van der Waals surface area contributed by atoms with Gasteiger partial charge in [0.15, 0.2) is 0 Å². The van der Waals surface area contributed by atoms with Crippen molar-refractivity contribution in [1.29, 1.82) is 0 Å². The highest BCUT2D eigenvalue weighted by molar-refractivity contribution is 5.85. The molecule has 1 aliphatic rings. The molecule has 19 heavy (non-hydrogen) atoms. The molecule has 0 spiro atoms. The number of carbonyl (C=O) groups is 1. The monoisotopic (exact) mass is 284 g/mol. The summed E-state index contributed by atoms with van der Waals surface area (Å²) in [6.45, 7) is 4.40. The van der Waals surface area contributed by atoms with Crippen LogP contribution in [0.25, 0.3) is 0 Å². The predicted octanol–water partition coefficient (Wildman–Crippen LogP) is 1.54. The van der Waals surface area contributed by atoms with Crippen LogP contribution in [0.5, 0.6) is 0 Å². The van der Waals surface area contributed by atoms with Gasteiger partial charge in [0.25, 0.3) is 0 Å². The molecule has 1 atom stereocenters. The maximum absolute atomic E-state index is 11.9. The number of carbonyl (C=O) groups excluding carboxylic acids is 1. The number of likely N-dealkylation sites (N-methyl/N-ethyl adjacent to an activating group) is 1. The number of morpholine rings is 1. The van der Waals surface area contributed by atoms with Gasteiger partial charge in [0.1, 0.15) is 6.10 Å². The van der Waals surface area contributed by atoms with Gasteiger partial charge < -0.3 is 15.0 Å². The van der Waals surface area contributed by atoms with Crippen molar-refractivity contribution in [2.45, 2.75) is 13.0 Å². The Kier molecular flexibility index (Phi) is 6.28. The minimum Gasteiger partial charge on any atom is -0.370 e. The summed E-state index contributed by atoms with van der Waals surface area (Å²) >= 11 is 0. The summed E-state index contributed by atoms with van der Waals surface area (Å²) in [7, 11) is 1.79. The van der Waals surface area contributed by atoms with Crippen molar-refractivity contribution >= 4 is 18.3 Å². The summed E-state index contributed by atoms with van der Waals surface area (Å²) in [6, 6.07) is 8.19. The van der Waals surface area contributed by atoms with E-state index in [9.17, 15) is 4.79 Å². The van der Waals surface area contributed by atoms with E-state index in [1.54, 1.807) is 7.05 Å². The normalized spacial score (nSPS) is 18.8. The Labute approximate surface area is 120 Å². The number of hydrogen-bond donors (Lipinski definition) is 1. The van der Waals surface area contributed by atoms with Crippen molar-refractivity contribution in [3.63, 3.8) is 0 Å². The third-order valence-electron chi connectivity index (χ3n) is 3.28. The Hall–Kier alpha value is -1.10. The minimum atomic E-state index is 0. The molecule has 1 unspecified atom stereocenters. The summed E-state index contributed by atoms with van der Waals surface area (Å²) in [5.41, 5.74) is 2.39. The molecule has 0 saturated carbocycles. The van der Waals surface area contributed by atoms with E-state index in [0.29, 0.717) is 26.2 Å². The van der Waals surface area contributed by atoms with Gasteiger partial charge >= 0.3 is 0 Å². The number of aryl methyl sites for hydroxylation is 1. The maximum Gasteiger partial charge on any atom is 0.236 e. The lowest BCUT2D eigenvalue weighted by molar-refractivity contribution is -0.137. The molecular weight excluding hydrogens is 264 g/mol. The lowest BCUT2D eigenvalue weighted by Gasteiger charge is -2.33. The van der Waals surface area contributed by atoms with Gasteiger partial charge in [0.05, 0.1) is 19.7 Å². The molecule has 5 heteroatoms. The Bertz CT molecular complexity index is 426. The van der Waals surface area contributed by atoms with Gasteiger partial charge in [0, 0.05) is 6.54 Å². The van der Waals surface area contributed by atoms with E-state index in [1.807, 2.05) is 17.0 Å². The van der Waals surface area contributed by atoms with Crippen molar-refractivity contribution in [2.75, 3.05) is 33.3 Å². The first-order valence-electron chi connectivity index (χ1n) is 6.32. The molecule has 1 aromatic carbocycles. The smallest absolute Gasteiger partial charge is 0.236 e. The van der Waals surface area contributed by atoms with Gasteiger partial charge in [-0.1, -0.05) is 24.3 Å². The lowest BCUT2D eigenvalue weighted by Crippen LogP contribution is -2.45. The van der Waals surface area contributed by atoms with Crippen LogP contribution >= 0.6 is 12.4 Å². The van der Waals surface area contributed by atoms with Gasteiger partial charge in [-0.15, -0.1) is 12.4 Å². The number of halogens is 1. The highest BCUT2D eigenvalue weighted by Crippen LogP contribution is 2.24. The van der Waals surface area contributed by atoms with Crippen LogP contribution in [0.3, 0.4) is 0 Å². The molecule has 1 saturated heterocycles. The largest absolute Gasteiger partial charge is 0.370 e. The standard InChI is InChI=1S/C14H20N2O2.ClH/c1-11-5-3-4-6-12(11)13-10-16(7-8-18-13)14(17)9-15-2;/h3-6,13,15H,7-10H2,1-2H3;1H. The first kappa shape index (κ1) is 16.0. The van der Waals surface area contributed by atoms with E-state index in [1.165, 1.54) is 11.1 Å². The van der Waals surface area contributed by atoms with Crippen LogP contribution < -0.4 is 5.32 Å². The fraction of sp³-hybridized carbons (Fsp3) is 0.500. The number of nitrogens with one attached hydrogen (secondary N) is 1. The van der Waals surface area contributed by atoms with E-state index in [0.717, 1.165) is 0 Å². The quantitative estimate of drug-likeness (QED) is 0.915. The molecule has 1 amide bonds. The Morgan fingerprint density at radius 3 is 2.89 bits per heavy atom. The third-order valence-corrected chi connectivity index (χ3v) is 3.28. The number of amides is 1. The molecule has 1 aromatic rings. The highest BCUT2D eigenvalue weighted by Gasteiger charge is 2.25. The average molecular weight is 285 g/mol. The van der Waals surface area contributed by atoms with Crippen LogP contribution in [0.15, 0.2) is 24.3 Å². The summed E-state index contributed by atoms with van der Waals surface area (Å²) in [4.78, 5) is 13.7. The van der Waals surface area contributed by atoms with E-state index in [2.05, 4.69) is 24.4 Å². The van der Waals surface area contributed by atoms with Crippen LogP contribution in [0, 0.1) is 6.92 Å². The molecule has 1 N–H and O–H groups in total. The van der Waals surface area contributed by atoms with Gasteiger partial charge in [-0.3, -0.25) is 4.79 Å². The third kappa shape index (κ3) is 3.93. The Morgan fingerprint density at radius 1 is 1.47 bits per heavy atom. The van der Waals surface area contributed by atoms with Crippen molar-refractivity contribution < 1.29 is 9.53 Å². The number of ether oxygens (including phenoxy) is 1. The van der Waals surface area contributed by atoms with Crippen molar-refractivity contribution in [2.24, 2.45) is 0 Å². The molecule has 0 radical (unpaired) electrons. The van der Waals surface area contributed by atoms with Gasteiger partial charge in [-0.25, -0.2) is 0 Å². The summed E-state index contributed by atoms with van der Waals surface area (Å²) < 4.78 is 5.79. The molecular formula is C14H21ClN2O2. The van der Waals surface area contributed by atoms with Crippen molar-refractivity contribution in [3.05, 3.63) is 35.4 Å². The van der Waals surface area contributed by atoms with Crippen molar-refractivity contribution in [3.8, 4) is 0 Å². The molecule has 0 aromatic heterocycles. The SMILES string of the molecule is CNCC(=O)N1CCOC(c2ccccc2C)C1.Cl. The maximum atomic E-state index is 11.9. The Balaban J connectivity index is 0.00000180. The van der Waals surface area contributed by atoms with Crippen LogP contribution in [-0.2, 0) is 9.53 Å². The Morgan fingerprint density at radius 2 is 2.21 bits per heavy atom. The molecule has 1 fully saturated rings. The first-order valence-corrected chi connectivity index (χ1v) is 6.32. The van der Waals surface area contributed by atoms with E-state index >= 15 is 0 Å². The molecule has 106 valence electrons. The second-order valence-electron chi connectivity index (χ2n) is 4.59. The topological polar surface area (TPSA) is 41.6 Å². The van der Waals surface area contributed by atoms with Crippen molar-refractivity contribution in [1.82, 2.24) is 10.2 Å². The number of benzene rings is 1. The van der Waals surface area contributed by atoms with Crippen LogP contribution in [0.2, 0.25) is 0 Å². The molecule has 0 aliphatic carbocycles. The average Bonchev–Trinajstić information content (AvgIpc) is 2.40. The zero-order chi connectivity index (χ0) is 13.0. The second-order valence-corrected chi connectivity index (χ2v) is 4.59. The predicted molar refractivity (Wildman–Crippen MR) is 77.6 cm³/mol. The lowest BCUT2D eigenvalue weighted by atomic mass is 10.0. The minimum absolute atomic E-state index is 0. The summed E-state index contributed by atoms with van der Waals surface area (Å²) in [5, 5.41) is 2.90. The zero-order valence-electron chi connectivity index (χ0n) is 11.4. The fourth-order valence-corrected chi connectivity index (χ4v) is 2.28. The van der Waals surface area contributed by atoms with Gasteiger partial charge in [-0.2, -0.15) is 0 Å². The zero-order valence-corrected chi connectivity index (χ0v) is 12.2. The number of nitrogens with zero attached hydrogens (tertiary/aromatic N) is 1. The summed E-state index contributed by atoms with van der Waals surface area (Å²) in [6.07, 6.45) is 0.000700. The second kappa shape index (κ2) is 7.48. The first-order chi connectivity index (χ1) is 8.72. The molecule has 2 rings (SSSR count). The summed E-state index contributed by atoms with van der Waals surface area (Å²) in [5.74, 6) is 0.138. The molecule has 0 bridgehead atoms. The van der Waals surface area contributed by atoms with Gasteiger partial charge in [0.2, 0.25) is 5.91 Å². The number of hydrogen-bond acceptors (Lipinski definition) is 3. The fourth-order valence-electron chi connectivity index (χ4n) is 2.28. The van der Waals surface area contributed by atoms with Gasteiger partial charge in [-0.05, 0) is 25.1 Å². The molecule has 4 nitrogen and oxygen atoms in total. The molecule has 1 aliphatic heterocycles. The van der Waals surface area contributed by atoms with E-state index < -0.39 is 0 Å². The molecule has 1 heterocycles. The van der Waals surface area contributed by atoms with Crippen LogP contribution in [0.4, 0.5) is 0 Å².